The van der Waals surface area contributed by atoms with Gasteiger partial charge >= 0.3 is 107 Å². The van der Waals surface area contributed by atoms with Crippen LogP contribution in [0, 0.1) is 0 Å². The van der Waals surface area contributed by atoms with Gasteiger partial charge in [0, 0.05) is 0 Å². The number of hydrogen-bond donors (Lipinski definition) is 0. The summed E-state index contributed by atoms with van der Waals surface area (Å²) >= 11 is 6.92. The molecule has 0 spiro atoms. The maximum atomic E-state index is 5.91. The van der Waals surface area contributed by atoms with Crippen molar-refractivity contribution in [2.45, 2.75) is 32.4 Å². The summed E-state index contributed by atoms with van der Waals surface area (Å²) in [6, 6.07) is 1.19. The third kappa shape index (κ3) is 5.78. The Balaban J connectivity index is 0.00000225. The van der Waals surface area contributed by atoms with Crippen molar-refractivity contribution in [3.8, 4) is 0 Å². The number of hydrogen-bond acceptors (Lipinski definition) is 2. The average Bonchev–Trinajstić information content (AvgIpc) is 2.42. The van der Waals surface area contributed by atoms with Gasteiger partial charge in [-0.1, -0.05) is 0 Å². The zero-order valence-corrected chi connectivity index (χ0v) is 15.4. The van der Waals surface area contributed by atoms with Gasteiger partial charge in [-0.3, -0.25) is 0 Å². The van der Waals surface area contributed by atoms with E-state index in [9.17, 15) is 0 Å². The van der Waals surface area contributed by atoms with Crippen molar-refractivity contribution in [3.63, 3.8) is 0 Å². The zero-order valence-electron chi connectivity index (χ0n) is 9.96. The molecular formula is C9H16Cl2N2OSiZn. The number of rotatable bonds is 5. The van der Waals surface area contributed by atoms with E-state index in [1.165, 1.54) is 6.04 Å². The minimum atomic E-state index is -0.977. The molecule has 16 heavy (non-hydrogen) atoms. The van der Waals surface area contributed by atoms with Crippen LogP contribution in [0.3, 0.4) is 0 Å². The van der Waals surface area contributed by atoms with Crippen molar-refractivity contribution in [1.29, 1.82) is 0 Å². The summed E-state index contributed by atoms with van der Waals surface area (Å²) in [5.74, 6) is 0. The molecule has 0 saturated carbocycles. The maximum absolute atomic E-state index is 5.91. The van der Waals surface area contributed by atoms with E-state index in [-0.39, 0.29) is 12.4 Å². The standard InChI is InChI=1S/C9H16ClN2OSi.ClH.Zn/c1-14(2,3)5-4-13-8-12-7-9(10)6-11-12;;/h6H,4-5,8H2,1-3H3;1H;/q;;+1/p-1. The number of aromatic nitrogens is 2. The summed E-state index contributed by atoms with van der Waals surface area (Å²) in [5.41, 5.74) is 0. The fourth-order valence-corrected chi connectivity index (χ4v) is 2.48. The van der Waals surface area contributed by atoms with E-state index >= 15 is 0 Å². The minimum absolute atomic E-state index is 0. The molecule has 0 atom stereocenters. The quantitative estimate of drug-likeness (QED) is 0.512. The zero-order chi connectivity index (χ0) is 11.5. The van der Waals surface area contributed by atoms with E-state index in [4.69, 9.17) is 16.3 Å². The van der Waals surface area contributed by atoms with Crippen LogP contribution >= 0.6 is 11.6 Å². The van der Waals surface area contributed by atoms with Gasteiger partial charge in [0.2, 0.25) is 0 Å². The largest absolute Gasteiger partial charge is 1.00 e. The maximum Gasteiger partial charge on any atom is -1.00 e. The number of nitrogens with zero attached hydrogens (tertiary/aromatic N) is 2. The molecule has 0 saturated heterocycles. The van der Waals surface area contributed by atoms with Crippen LogP contribution in [0.5, 0.6) is 0 Å². The van der Waals surface area contributed by atoms with Crippen LogP contribution in [0.4, 0.5) is 0 Å². The van der Waals surface area contributed by atoms with Crippen molar-refractivity contribution in [3.05, 3.63) is 11.2 Å². The third-order valence-corrected chi connectivity index (χ3v) is 6.16. The summed E-state index contributed by atoms with van der Waals surface area (Å²) in [6.07, 6.45) is 1.68. The van der Waals surface area contributed by atoms with E-state index in [0.717, 1.165) is 34.2 Å². The van der Waals surface area contributed by atoms with E-state index in [1.54, 1.807) is 6.20 Å². The summed E-state index contributed by atoms with van der Waals surface area (Å²) in [5, 5.41) is 4.91. The molecule has 3 nitrogen and oxygen atoms in total. The average molecular weight is 333 g/mol. The Morgan fingerprint density at radius 1 is 1.50 bits per heavy atom. The SMILES string of the molecule is C[Si](C)(C)CCOCn1ncc(Cl)[c]1[Zn+].[Cl-]. The van der Waals surface area contributed by atoms with Gasteiger partial charge < -0.3 is 12.4 Å². The van der Waals surface area contributed by atoms with Gasteiger partial charge in [-0.15, -0.1) is 0 Å². The topological polar surface area (TPSA) is 27.1 Å². The van der Waals surface area contributed by atoms with Gasteiger partial charge in [0.15, 0.2) is 0 Å². The monoisotopic (exact) mass is 330 g/mol. The van der Waals surface area contributed by atoms with Gasteiger partial charge in [0.1, 0.15) is 0 Å². The van der Waals surface area contributed by atoms with Crippen LogP contribution in [-0.2, 0) is 29.8 Å². The normalized spacial score (nSPS) is 11.4. The summed E-state index contributed by atoms with van der Waals surface area (Å²) in [6.45, 7) is 8.40. The number of halogens is 2. The molecular weight excluding hydrogens is 316 g/mol. The number of ether oxygens (including phenoxy) is 1. The molecule has 0 unspecified atom stereocenters. The van der Waals surface area contributed by atoms with Gasteiger partial charge in [0.05, 0.1) is 0 Å². The molecule has 88 valence electrons. The predicted octanol–water partition coefficient (Wildman–Crippen LogP) is -0.975. The van der Waals surface area contributed by atoms with Gasteiger partial charge in [0.25, 0.3) is 0 Å². The Bertz CT molecular complexity index is 328. The van der Waals surface area contributed by atoms with E-state index in [1.807, 2.05) is 4.68 Å². The Labute approximate surface area is 119 Å². The summed E-state index contributed by atoms with van der Waals surface area (Å²) in [4.78, 5) is 0. The second kappa shape index (κ2) is 7.12. The van der Waals surface area contributed by atoms with Crippen LogP contribution in [0.1, 0.15) is 0 Å². The predicted molar refractivity (Wildman–Crippen MR) is 61.0 cm³/mol. The third-order valence-electron chi connectivity index (χ3n) is 2.11. The first-order chi connectivity index (χ1) is 6.90. The van der Waals surface area contributed by atoms with Crippen LogP contribution in [0.2, 0.25) is 30.7 Å². The van der Waals surface area contributed by atoms with Crippen LogP contribution < -0.4 is 16.7 Å². The molecule has 0 aliphatic carbocycles. The molecule has 0 fully saturated rings. The Hall–Kier alpha value is 0.590. The Kier molecular flexibility index (Phi) is 7.38. The fraction of sp³-hybridized carbons (Fsp3) is 0.667. The van der Waals surface area contributed by atoms with Crippen molar-refractivity contribution in [2.75, 3.05) is 6.61 Å². The van der Waals surface area contributed by atoms with Crippen molar-refractivity contribution in [1.82, 2.24) is 9.78 Å². The molecule has 1 aromatic rings. The second-order valence-electron chi connectivity index (χ2n) is 4.79. The van der Waals surface area contributed by atoms with Gasteiger partial charge in [-0.05, 0) is 0 Å². The molecule has 0 amide bonds. The molecule has 0 N–H and O–H groups in total. The molecule has 0 aliphatic rings. The first-order valence-corrected chi connectivity index (χ1v) is 10.6. The first kappa shape index (κ1) is 16.6. The van der Waals surface area contributed by atoms with Crippen LogP contribution in [0.15, 0.2) is 6.20 Å². The van der Waals surface area contributed by atoms with Crippen LogP contribution in [-0.4, -0.2) is 24.5 Å². The fourth-order valence-electron chi connectivity index (χ4n) is 1.03. The summed E-state index contributed by atoms with van der Waals surface area (Å²) < 4.78 is 8.51. The molecule has 0 radical (unpaired) electrons. The minimum Gasteiger partial charge on any atom is -1.00 e. The smallest absolute Gasteiger partial charge is 1.00 e. The van der Waals surface area contributed by atoms with Crippen molar-refractivity contribution >= 4 is 24.0 Å². The first-order valence-electron chi connectivity index (χ1n) is 5.01. The van der Waals surface area contributed by atoms with Gasteiger partial charge in [-0.25, -0.2) is 0 Å². The molecule has 1 rings (SSSR count). The molecule has 0 bridgehead atoms. The van der Waals surface area contributed by atoms with Crippen molar-refractivity contribution in [2.24, 2.45) is 0 Å². The Morgan fingerprint density at radius 2 is 2.12 bits per heavy atom. The molecule has 0 aliphatic heterocycles. The van der Waals surface area contributed by atoms with E-state index < -0.39 is 8.07 Å². The summed E-state index contributed by atoms with van der Waals surface area (Å²) in [7, 11) is -0.977. The van der Waals surface area contributed by atoms with E-state index in [2.05, 4.69) is 24.7 Å². The van der Waals surface area contributed by atoms with E-state index in [0.29, 0.717) is 6.73 Å². The van der Waals surface area contributed by atoms with Crippen LogP contribution in [0.25, 0.3) is 0 Å². The molecule has 7 heteroatoms. The second-order valence-corrected chi connectivity index (χ2v) is 12.2. The molecule has 1 aromatic heterocycles. The Morgan fingerprint density at radius 3 is 2.56 bits per heavy atom. The molecule has 0 aromatic carbocycles. The van der Waals surface area contributed by atoms with Crippen molar-refractivity contribution < 1.29 is 35.4 Å². The van der Waals surface area contributed by atoms with Gasteiger partial charge in [-0.2, -0.15) is 0 Å². The molecule has 1 heterocycles.